The smallest absolute Gasteiger partial charge is 0.319 e. The number of nitrogens with one attached hydrogen (secondary N) is 4. The van der Waals surface area contributed by atoms with Gasteiger partial charge in [-0.3, -0.25) is 0 Å². The van der Waals surface area contributed by atoms with E-state index in [9.17, 15) is 9.90 Å². The van der Waals surface area contributed by atoms with Gasteiger partial charge in [-0.2, -0.15) is 0 Å². The SMILES string of the molecule is CCNC(=NCc1ccc(NC(=O)NC(C)C)cc1)NCC(C)(O)c1ccccc1. The largest absolute Gasteiger partial charge is 0.384 e. The van der Waals surface area contributed by atoms with Gasteiger partial charge in [-0.25, -0.2) is 9.79 Å². The van der Waals surface area contributed by atoms with E-state index < -0.39 is 5.60 Å². The molecule has 0 saturated heterocycles. The molecule has 2 amide bonds. The van der Waals surface area contributed by atoms with Crippen LogP contribution in [0.4, 0.5) is 10.5 Å². The molecule has 0 aliphatic heterocycles. The molecule has 0 spiro atoms. The first-order chi connectivity index (χ1) is 14.3. The number of aliphatic hydroxyl groups is 1. The van der Waals surface area contributed by atoms with E-state index in [1.165, 1.54) is 0 Å². The third-order valence-electron chi connectivity index (χ3n) is 4.39. The maximum Gasteiger partial charge on any atom is 0.319 e. The number of guanidine groups is 1. The van der Waals surface area contributed by atoms with Crippen LogP contribution in [-0.4, -0.2) is 36.2 Å². The van der Waals surface area contributed by atoms with Gasteiger partial charge >= 0.3 is 6.03 Å². The number of benzene rings is 2. The van der Waals surface area contributed by atoms with E-state index in [4.69, 9.17) is 0 Å². The van der Waals surface area contributed by atoms with Crippen molar-refractivity contribution in [1.29, 1.82) is 0 Å². The molecular weight excluding hydrogens is 378 g/mol. The molecule has 0 aliphatic carbocycles. The van der Waals surface area contributed by atoms with Crippen LogP contribution in [0.5, 0.6) is 0 Å². The van der Waals surface area contributed by atoms with Crippen molar-refractivity contribution < 1.29 is 9.90 Å². The minimum absolute atomic E-state index is 0.0817. The van der Waals surface area contributed by atoms with Crippen molar-refractivity contribution in [3.63, 3.8) is 0 Å². The van der Waals surface area contributed by atoms with Crippen LogP contribution in [0.1, 0.15) is 38.8 Å². The number of nitrogens with zero attached hydrogens (tertiary/aromatic N) is 1. The second kappa shape index (κ2) is 11.2. The van der Waals surface area contributed by atoms with Crippen molar-refractivity contribution >= 4 is 17.7 Å². The van der Waals surface area contributed by atoms with Crippen LogP contribution in [0.2, 0.25) is 0 Å². The molecule has 0 radical (unpaired) electrons. The first-order valence-corrected chi connectivity index (χ1v) is 10.3. The van der Waals surface area contributed by atoms with Crippen LogP contribution in [0.15, 0.2) is 59.6 Å². The average Bonchev–Trinajstić information content (AvgIpc) is 2.71. The van der Waals surface area contributed by atoms with E-state index >= 15 is 0 Å². The fourth-order valence-electron chi connectivity index (χ4n) is 2.79. The number of carbonyl (C=O) groups is 1. The summed E-state index contributed by atoms with van der Waals surface area (Å²) in [5.74, 6) is 0.632. The molecule has 7 nitrogen and oxygen atoms in total. The monoisotopic (exact) mass is 411 g/mol. The van der Waals surface area contributed by atoms with Crippen molar-refractivity contribution in [2.45, 2.75) is 45.9 Å². The summed E-state index contributed by atoms with van der Waals surface area (Å²) in [6, 6.07) is 17.0. The second-order valence-electron chi connectivity index (χ2n) is 7.64. The van der Waals surface area contributed by atoms with E-state index in [-0.39, 0.29) is 12.1 Å². The molecule has 0 fully saturated rings. The molecule has 30 heavy (non-hydrogen) atoms. The fraction of sp³-hybridized carbons (Fsp3) is 0.391. The van der Waals surface area contributed by atoms with Crippen molar-refractivity contribution in [2.75, 3.05) is 18.4 Å². The standard InChI is InChI=1S/C23H33N5O2/c1-5-24-21(26-16-23(4,30)19-9-7-6-8-10-19)25-15-18-11-13-20(14-12-18)28-22(29)27-17(2)3/h6-14,17,30H,5,15-16H2,1-4H3,(H2,24,25,26)(H2,27,28,29). The molecule has 1 unspecified atom stereocenters. The second-order valence-corrected chi connectivity index (χ2v) is 7.64. The van der Waals surface area contributed by atoms with Gasteiger partial charge in [-0.1, -0.05) is 42.5 Å². The number of urea groups is 1. The third kappa shape index (κ3) is 7.75. The summed E-state index contributed by atoms with van der Waals surface area (Å²) in [6.45, 7) is 9.12. The van der Waals surface area contributed by atoms with E-state index in [0.717, 1.165) is 16.8 Å². The Morgan fingerprint density at radius 1 is 1.07 bits per heavy atom. The Balaban J connectivity index is 1.94. The van der Waals surface area contributed by atoms with Gasteiger partial charge in [0.2, 0.25) is 0 Å². The van der Waals surface area contributed by atoms with Crippen molar-refractivity contribution in [3.05, 3.63) is 65.7 Å². The molecule has 0 saturated carbocycles. The summed E-state index contributed by atoms with van der Waals surface area (Å²) < 4.78 is 0. The molecule has 2 rings (SSSR count). The zero-order valence-electron chi connectivity index (χ0n) is 18.2. The number of hydrogen-bond donors (Lipinski definition) is 5. The molecular formula is C23H33N5O2. The lowest BCUT2D eigenvalue weighted by atomic mass is 9.96. The van der Waals surface area contributed by atoms with E-state index in [1.54, 1.807) is 6.92 Å². The van der Waals surface area contributed by atoms with Gasteiger partial charge in [0.25, 0.3) is 0 Å². The number of anilines is 1. The summed E-state index contributed by atoms with van der Waals surface area (Å²) in [5.41, 5.74) is 1.57. The molecule has 162 valence electrons. The molecule has 0 aliphatic rings. The quantitative estimate of drug-likeness (QED) is 0.340. The topological polar surface area (TPSA) is 97.8 Å². The van der Waals surface area contributed by atoms with Crippen LogP contribution < -0.4 is 21.3 Å². The highest BCUT2D eigenvalue weighted by atomic mass is 16.3. The van der Waals surface area contributed by atoms with Gasteiger partial charge in [-0.15, -0.1) is 0 Å². The van der Waals surface area contributed by atoms with Gasteiger partial charge < -0.3 is 26.4 Å². The Labute approximate surface area is 179 Å². The highest BCUT2D eigenvalue weighted by Crippen LogP contribution is 2.18. The normalized spacial score (nSPS) is 13.5. The Morgan fingerprint density at radius 3 is 2.33 bits per heavy atom. The maximum atomic E-state index is 11.8. The number of carbonyl (C=O) groups excluding carboxylic acids is 1. The zero-order valence-corrected chi connectivity index (χ0v) is 18.2. The summed E-state index contributed by atoms with van der Waals surface area (Å²) >= 11 is 0. The highest BCUT2D eigenvalue weighted by molar-refractivity contribution is 5.89. The minimum Gasteiger partial charge on any atom is -0.384 e. The van der Waals surface area contributed by atoms with Crippen LogP contribution in [0.25, 0.3) is 0 Å². The number of amides is 2. The average molecular weight is 412 g/mol. The van der Waals surface area contributed by atoms with Crippen LogP contribution >= 0.6 is 0 Å². The van der Waals surface area contributed by atoms with Crippen LogP contribution in [-0.2, 0) is 12.1 Å². The van der Waals surface area contributed by atoms with Gasteiger partial charge in [0, 0.05) is 18.3 Å². The molecule has 1 atom stereocenters. The molecule has 0 aromatic heterocycles. The number of rotatable bonds is 8. The van der Waals surface area contributed by atoms with Gasteiger partial charge in [-0.05, 0) is 51.0 Å². The Hall–Kier alpha value is -3.06. The highest BCUT2D eigenvalue weighted by Gasteiger charge is 2.22. The summed E-state index contributed by atoms with van der Waals surface area (Å²) in [7, 11) is 0. The van der Waals surface area contributed by atoms with E-state index in [1.807, 2.05) is 75.4 Å². The predicted octanol–water partition coefficient (Wildman–Crippen LogP) is 3.18. The molecule has 5 N–H and O–H groups in total. The Morgan fingerprint density at radius 2 is 1.73 bits per heavy atom. The Kier molecular flexibility index (Phi) is 8.68. The van der Waals surface area contributed by atoms with Gasteiger partial charge in [0.15, 0.2) is 5.96 Å². The van der Waals surface area contributed by atoms with Gasteiger partial charge in [0.05, 0.1) is 13.1 Å². The molecule has 0 heterocycles. The first kappa shape index (κ1) is 23.2. The van der Waals surface area contributed by atoms with Crippen LogP contribution in [0.3, 0.4) is 0 Å². The lowest BCUT2D eigenvalue weighted by Crippen LogP contribution is -2.44. The number of hydrogen-bond acceptors (Lipinski definition) is 3. The van der Waals surface area contributed by atoms with Crippen molar-refractivity contribution in [1.82, 2.24) is 16.0 Å². The lowest BCUT2D eigenvalue weighted by molar-refractivity contribution is 0.0617. The summed E-state index contributed by atoms with van der Waals surface area (Å²) in [5, 5.41) is 22.8. The first-order valence-electron chi connectivity index (χ1n) is 10.3. The number of aliphatic imine (C=N–C) groups is 1. The molecule has 2 aromatic carbocycles. The summed E-state index contributed by atoms with van der Waals surface area (Å²) in [6.07, 6.45) is 0. The zero-order chi connectivity index (χ0) is 22.0. The van der Waals surface area contributed by atoms with E-state index in [0.29, 0.717) is 25.6 Å². The third-order valence-corrected chi connectivity index (χ3v) is 4.39. The van der Waals surface area contributed by atoms with Crippen molar-refractivity contribution in [2.24, 2.45) is 4.99 Å². The van der Waals surface area contributed by atoms with Crippen LogP contribution in [0, 0.1) is 0 Å². The minimum atomic E-state index is -1.01. The maximum absolute atomic E-state index is 11.8. The predicted molar refractivity (Wildman–Crippen MR) is 123 cm³/mol. The summed E-state index contributed by atoms with van der Waals surface area (Å²) in [4.78, 5) is 16.4. The molecule has 7 heteroatoms. The van der Waals surface area contributed by atoms with E-state index in [2.05, 4.69) is 26.3 Å². The molecule has 0 bridgehead atoms. The Bertz CT molecular complexity index is 817. The van der Waals surface area contributed by atoms with Gasteiger partial charge in [0.1, 0.15) is 5.60 Å². The van der Waals surface area contributed by atoms with Crippen molar-refractivity contribution in [3.8, 4) is 0 Å². The lowest BCUT2D eigenvalue weighted by Gasteiger charge is -2.25. The fourth-order valence-corrected chi connectivity index (χ4v) is 2.79. The molecule has 2 aromatic rings.